The number of hydrogen-bond acceptors (Lipinski definition) is 6. The van der Waals surface area contributed by atoms with Gasteiger partial charge in [0.05, 0.1) is 15.5 Å². The Morgan fingerprint density at radius 2 is 1.81 bits per heavy atom. The van der Waals surface area contributed by atoms with E-state index < -0.39 is 17.2 Å². The van der Waals surface area contributed by atoms with Gasteiger partial charge in [0.25, 0.3) is 0 Å². The number of rotatable bonds is 5. The monoisotopic (exact) mass is 452 g/mol. The van der Waals surface area contributed by atoms with E-state index in [1.807, 2.05) is 12.1 Å². The van der Waals surface area contributed by atoms with Gasteiger partial charge in [-0.15, -0.1) is 11.3 Å². The third kappa shape index (κ3) is 5.07. The van der Waals surface area contributed by atoms with Crippen molar-refractivity contribution in [1.29, 1.82) is 0 Å². The number of carbonyl (C=O) groups excluding carboxylic acids is 2. The summed E-state index contributed by atoms with van der Waals surface area (Å²) in [5.74, 6) is -0.724. The van der Waals surface area contributed by atoms with E-state index >= 15 is 0 Å². The van der Waals surface area contributed by atoms with Gasteiger partial charge in [-0.25, -0.2) is 19.2 Å². The average molecular weight is 453 g/mol. The highest BCUT2D eigenvalue weighted by Crippen LogP contribution is 2.38. The summed E-state index contributed by atoms with van der Waals surface area (Å²) in [6.45, 7) is 1.71. The number of para-hydroxylation sites is 1. The van der Waals surface area contributed by atoms with Crippen molar-refractivity contribution >= 4 is 50.9 Å². The largest absolute Gasteiger partial charge is 0.325 e. The van der Waals surface area contributed by atoms with Gasteiger partial charge >= 0.3 is 6.03 Å². The Morgan fingerprint density at radius 1 is 1.06 bits per heavy atom. The Labute approximate surface area is 185 Å². The van der Waals surface area contributed by atoms with Crippen LogP contribution >= 0.6 is 23.1 Å². The fourth-order valence-electron chi connectivity index (χ4n) is 2.79. The van der Waals surface area contributed by atoms with Gasteiger partial charge in [0, 0.05) is 10.6 Å². The van der Waals surface area contributed by atoms with Crippen molar-refractivity contribution in [3.05, 3.63) is 72.8 Å². The van der Waals surface area contributed by atoms with Crippen LogP contribution in [-0.2, 0) is 4.79 Å². The summed E-state index contributed by atoms with van der Waals surface area (Å²) < 4.78 is 14.0. The van der Waals surface area contributed by atoms with Crippen LogP contribution in [0.2, 0.25) is 0 Å². The maximum Gasteiger partial charge on any atom is 0.325 e. The zero-order chi connectivity index (χ0) is 21.8. The Hall–Kier alpha value is -3.30. The van der Waals surface area contributed by atoms with Crippen LogP contribution in [0.1, 0.15) is 6.92 Å². The number of thioether (sulfide) groups is 1. The summed E-state index contributed by atoms with van der Waals surface area (Å²) >= 11 is 2.72. The molecule has 2 N–H and O–H groups in total. The van der Waals surface area contributed by atoms with Crippen molar-refractivity contribution in [3.63, 3.8) is 0 Å². The first-order valence-corrected chi connectivity index (χ1v) is 11.0. The lowest BCUT2D eigenvalue weighted by Crippen LogP contribution is -2.38. The average Bonchev–Trinajstić information content (AvgIpc) is 3.20. The number of halogens is 1. The van der Waals surface area contributed by atoms with Crippen LogP contribution < -0.4 is 10.6 Å². The Kier molecular flexibility index (Phi) is 6.24. The van der Waals surface area contributed by atoms with E-state index in [-0.39, 0.29) is 5.82 Å². The summed E-state index contributed by atoms with van der Waals surface area (Å²) in [6.07, 6.45) is 1.44. The second-order valence-corrected chi connectivity index (χ2v) is 8.96. The second kappa shape index (κ2) is 9.23. The molecular weight excluding hydrogens is 435 g/mol. The van der Waals surface area contributed by atoms with E-state index in [1.54, 1.807) is 43.3 Å². The highest BCUT2D eigenvalue weighted by Gasteiger charge is 2.20. The highest BCUT2D eigenvalue weighted by atomic mass is 32.2. The molecule has 9 heteroatoms. The number of nitrogens with zero attached hydrogens (tertiary/aromatic N) is 2. The second-order valence-electron chi connectivity index (χ2n) is 6.58. The van der Waals surface area contributed by atoms with Crippen molar-refractivity contribution in [2.24, 2.45) is 0 Å². The number of nitrogens with one attached hydrogen (secondary N) is 2. The van der Waals surface area contributed by atoms with Gasteiger partial charge in [-0.2, -0.15) is 0 Å². The zero-order valence-electron chi connectivity index (χ0n) is 16.3. The van der Waals surface area contributed by atoms with E-state index in [0.29, 0.717) is 10.7 Å². The van der Waals surface area contributed by atoms with E-state index in [1.165, 1.54) is 41.6 Å². The first-order chi connectivity index (χ1) is 15.0. The van der Waals surface area contributed by atoms with Crippen LogP contribution in [-0.4, -0.2) is 27.2 Å². The molecule has 0 saturated heterocycles. The van der Waals surface area contributed by atoms with Crippen LogP contribution in [0.15, 0.2) is 72.0 Å². The minimum absolute atomic E-state index is 0.294. The molecule has 4 rings (SSSR count). The molecule has 3 amide bonds. The maximum absolute atomic E-state index is 13.2. The maximum atomic E-state index is 13.2. The molecule has 2 aromatic heterocycles. The minimum Gasteiger partial charge on any atom is -0.308 e. The Bertz CT molecular complexity index is 1230. The third-order valence-corrected chi connectivity index (χ3v) is 6.74. The molecule has 0 aliphatic rings. The molecular formula is C22H17FN4O2S2. The van der Waals surface area contributed by atoms with Crippen molar-refractivity contribution in [2.45, 2.75) is 17.2 Å². The molecule has 1 unspecified atom stereocenters. The van der Waals surface area contributed by atoms with Gasteiger partial charge in [0.2, 0.25) is 5.91 Å². The fraction of sp³-hybridized carbons (Fsp3) is 0.0909. The van der Waals surface area contributed by atoms with Crippen LogP contribution in [0.25, 0.3) is 20.7 Å². The van der Waals surface area contributed by atoms with Gasteiger partial charge in [0.15, 0.2) is 0 Å². The van der Waals surface area contributed by atoms with Crippen LogP contribution in [0.3, 0.4) is 0 Å². The number of urea groups is 1. The topological polar surface area (TPSA) is 84.0 Å². The van der Waals surface area contributed by atoms with E-state index in [9.17, 15) is 14.0 Å². The van der Waals surface area contributed by atoms with E-state index in [0.717, 1.165) is 20.7 Å². The van der Waals surface area contributed by atoms with Gasteiger partial charge < -0.3 is 5.32 Å². The van der Waals surface area contributed by atoms with Gasteiger partial charge in [-0.3, -0.25) is 10.1 Å². The predicted octanol–water partition coefficient (Wildman–Crippen LogP) is 5.33. The van der Waals surface area contributed by atoms with Crippen LogP contribution in [0.5, 0.6) is 0 Å². The minimum atomic E-state index is -0.591. The number of anilines is 1. The number of hydrogen-bond donors (Lipinski definition) is 2. The molecule has 31 heavy (non-hydrogen) atoms. The van der Waals surface area contributed by atoms with E-state index in [2.05, 4.69) is 20.6 Å². The molecule has 1 atom stereocenters. The van der Waals surface area contributed by atoms with Crippen LogP contribution in [0, 0.1) is 5.82 Å². The number of thiophene rings is 1. The lowest BCUT2D eigenvalue weighted by molar-refractivity contribution is -0.119. The molecule has 0 saturated carbocycles. The van der Waals surface area contributed by atoms with Crippen molar-refractivity contribution in [1.82, 2.24) is 15.3 Å². The van der Waals surface area contributed by atoms with E-state index in [4.69, 9.17) is 0 Å². The Morgan fingerprint density at radius 3 is 2.55 bits per heavy atom. The molecule has 0 bridgehead atoms. The number of amides is 3. The van der Waals surface area contributed by atoms with Gasteiger partial charge in [-0.05, 0) is 42.8 Å². The van der Waals surface area contributed by atoms with Crippen molar-refractivity contribution < 1.29 is 14.0 Å². The molecule has 0 radical (unpaired) electrons. The summed E-state index contributed by atoms with van der Waals surface area (Å²) in [5, 5.41) is 5.05. The van der Waals surface area contributed by atoms with Gasteiger partial charge in [-0.1, -0.05) is 42.1 Å². The Balaban J connectivity index is 1.46. The lowest BCUT2D eigenvalue weighted by atomic mass is 10.2. The number of benzene rings is 2. The third-order valence-electron chi connectivity index (χ3n) is 4.33. The zero-order valence-corrected chi connectivity index (χ0v) is 18.0. The SMILES string of the molecule is CC(Sc1ncnc2cc(-c3ccc(F)cc3)sc12)C(=O)NC(=O)Nc1ccccc1. The lowest BCUT2D eigenvalue weighted by Gasteiger charge is -2.11. The summed E-state index contributed by atoms with van der Waals surface area (Å²) in [5.41, 5.74) is 2.22. The first-order valence-electron chi connectivity index (χ1n) is 9.33. The molecule has 156 valence electrons. The highest BCUT2D eigenvalue weighted by molar-refractivity contribution is 8.00. The van der Waals surface area contributed by atoms with Crippen molar-refractivity contribution in [3.8, 4) is 10.4 Å². The summed E-state index contributed by atoms with van der Waals surface area (Å²) in [7, 11) is 0. The number of imide groups is 1. The first kappa shape index (κ1) is 21.0. The van der Waals surface area contributed by atoms with Crippen LogP contribution in [0.4, 0.5) is 14.9 Å². The molecule has 6 nitrogen and oxygen atoms in total. The predicted molar refractivity (Wildman–Crippen MR) is 122 cm³/mol. The summed E-state index contributed by atoms with van der Waals surface area (Å²) in [4.78, 5) is 34.1. The number of carbonyl (C=O) groups is 2. The molecule has 0 fully saturated rings. The number of aromatic nitrogens is 2. The molecule has 2 heterocycles. The molecule has 0 aliphatic heterocycles. The smallest absolute Gasteiger partial charge is 0.308 e. The van der Waals surface area contributed by atoms with Gasteiger partial charge in [0.1, 0.15) is 17.2 Å². The molecule has 0 aliphatic carbocycles. The summed E-state index contributed by atoms with van der Waals surface area (Å²) in [6, 6.07) is 16.4. The van der Waals surface area contributed by atoms with Crippen molar-refractivity contribution in [2.75, 3.05) is 5.32 Å². The normalized spacial score (nSPS) is 11.8. The standard InChI is InChI=1S/C22H17FN4O2S2/c1-13(20(28)27-22(29)26-16-5-3-2-4-6-16)30-21-19-17(24-12-25-21)11-18(31-19)14-7-9-15(23)10-8-14/h2-13H,1H3,(H2,26,27,28,29). The molecule has 0 spiro atoms. The molecule has 2 aromatic carbocycles. The number of fused-ring (bicyclic) bond motifs is 1. The molecule has 4 aromatic rings. The quantitative estimate of drug-likeness (QED) is 0.316. The fourth-order valence-corrected chi connectivity index (χ4v) is 4.88.